The number of hydrogen-bond donors (Lipinski definition) is 0. The minimum atomic E-state index is -0.809. The van der Waals surface area contributed by atoms with E-state index in [0.717, 1.165) is 4.47 Å². The Hall–Kier alpha value is -1.69. The third-order valence-corrected chi connectivity index (χ3v) is 3.02. The van der Waals surface area contributed by atoms with Crippen LogP contribution in [0.25, 0.3) is 0 Å². The summed E-state index contributed by atoms with van der Waals surface area (Å²) in [6, 6.07) is 6.60. The van der Waals surface area contributed by atoms with Crippen molar-refractivity contribution in [2.45, 2.75) is 25.9 Å². The first-order valence-electron chi connectivity index (χ1n) is 5.95. The van der Waals surface area contributed by atoms with Crippen molar-refractivity contribution >= 4 is 33.7 Å². The summed E-state index contributed by atoms with van der Waals surface area (Å²) in [5.74, 6) is -1.27. The molecule has 0 N–H and O–H groups in total. The van der Waals surface area contributed by atoms with E-state index in [4.69, 9.17) is 4.74 Å². The Kier molecular flexibility index (Phi) is 6.38. The number of rotatable bonds is 6. The van der Waals surface area contributed by atoms with Crippen molar-refractivity contribution < 1.29 is 23.9 Å². The average molecular weight is 343 g/mol. The van der Waals surface area contributed by atoms with Crippen LogP contribution in [0.3, 0.4) is 0 Å². The Bertz CT molecular complexity index is 495. The van der Waals surface area contributed by atoms with Gasteiger partial charge in [0, 0.05) is 10.9 Å². The van der Waals surface area contributed by atoms with Crippen molar-refractivity contribution in [3.63, 3.8) is 0 Å². The second-order valence-electron chi connectivity index (χ2n) is 4.22. The fourth-order valence-corrected chi connectivity index (χ4v) is 1.82. The van der Waals surface area contributed by atoms with Crippen molar-refractivity contribution in [1.29, 1.82) is 0 Å². The maximum Gasteiger partial charge on any atom is 0.338 e. The van der Waals surface area contributed by atoms with Gasteiger partial charge in [-0.2, -0.15) is 0 Å². The third-order valence-electron chi connectivity index (χ3n) is 2.49. The third kappa shape index (κ3) is 5.52. The summed E-state index contributed by atoms with van der Waals surface area (Å²) in [5, 5.41) is 0. The Morgan fingerprint density at radius 3 is 2.25 bits per heavy atom. The van der Waals surface area contributed by atoms with Crippen molar-refractivity contribution in [1.82, 2.24) is 0 Å². The van der Waals surface area contributed by atoms with Crippen molar-refractivity contribution in [2.24, 2.45) is 0 Å². The Morgan fingerprint density at radius 2 is 1.75 bits per heavy atom. The molecule has 1 unspecified atom stereocenters. The SMILES string of the molecule is COC(=O)CC(CC(C)=O)OC(=O)c1ccc(Br)cc1. The van der Waals surface area contributed by atoms with Crippen LogP contribution >= 0.6 is 15.9 Å². The molecule has 0 amide bonds. The first-order valence-corrected chi connectivity index (χ1v) is 6.74. The van der Waals surface area contributed by atoms with E-state index in [1.54, 1.807) is 24.3 Å². The largest absolute Gasteiger partial charge is 0.469 e. The van der Waals surface area contributed by atoms with Crippen LogP contribution in [-0.4, -0.2) is 30.9 Å². The van der Waals surface area contributed by atoms with Crippen LogP contribution < -0.4 is 0 Å². The number of esters is 2. The van der Waals surface area contributed by atoms with Crippen molar-refractivity contribution in [3.05, 3.63) is 34.3 Å². The first-order chi connectivity index (χ1) is 9.42. The molecule has 0 bridgehead atoms. The normalized spacial score (nSPS) is 11.6. The van der Waals surface area contributed by atoms with Gasteiger partial charge in [-0.3, -0.25) is 9.59 Å². The van der Waals surface area contributed by atoms with Gasteiger partial charge >= 0.3 is 11.9 Å². The number of ether oxygens (including phenoxy) is 2. The van der Waals surface area contributed by atoms with Crippen molar-refractivity contribution in [3.8, 4) is 0 Å². The van der Waals surface area contributed by atoms with Crippen molar-refractivity contribution in [2.75, 3.05) is 7.11 Å². The van der Waals surface area contributed by atoms with Gasteiger partial charge in [-0.05, 0) is 31.2 Å². The van der Waals surface area contributed by atoms with Crippen LogP contribution in [0, 0.1) is 0 Å². The molecular formula is C14H15BrO5. The predicted molar refractivity (Wildman–Crippen MR) is 75.3 cm³/mol. The number of carbonyl (C=O) groups excluding carboxylic acids is 3. The zero-order chi connectivity index (χ0) is 15.1. The zero-order valence-electron chi connectivity index (χ0n) is 11.2. The predicted octanol–water partition coefficient (Wildman–Crippen LogP) is 2.52. The molecule has 5 nitrogen and oxygen atoms in total. The summed E-state index contributed by atoms with van der Waals surface area (Å²) < 4.78 is 10.5. The smallest absolute Gasteiger partial charge is 0.338 e. The van der Waals surface area contributed by atoms with Gasteiger partial charge in [0.15, 0.2) is 0 Å². The number of methoxy groups -OCH3 is 1. The molecule has 0 aliphatic heterocycles. The quantitative estimate of drug-likeness (QED) is 0.743. The van der Waals surface area contributed by atoms with Crippen LogP contribution in [0.2, 0.25) is 0 Å². The average Bonchev–Trinajstić information content (AvgIpc) is 2.38. The highest BCUT2D eigenvalue weighted by Crippen LogP contribution is 2.14. The molecule has 0 spiro atoms. The highest BCUT2D eigenvalue weighted by atomic mass is 79.9. The molecule has 20 heavy (non-hydrogen) atoms. The summed E-state index contributed by atoms with van der Waals surface area (Å²) >= 11 is 3.26. The van der Waals surface area contributed by atoms with Gasteiger partial charge in [0.25, 0.3) is 0 Å². The summed E-state index contributed by atoms with van der Waals surface area (Å²) in [7, 11) is 1.24. The minimum absolute atomic E-state index is 0.0165. The monoisotopic (exact) mass is 342 g/mol. The molecule has 0 saturated heterocycles. The second-order valence-corrected chi connectivity index (χ2v) is 5.14. The molecule has 6 heteroatoms. The summed E-state index contributed by atoms with van der Waals surface area (Å²) in [6.45, 7) is 1.37. The molecule has 0 fully saturated rings. The molecule has 1 atom stereocenters. The maximum absolute atomic E-state index is 11.9. The lowest BCUT2D eigenvalue weighted by Crippen LogP contribution is -2.24. The van der Waals surface area contributed by atoms with Crippen LogP contribution in [0.4, 0.5) is 0 Å². The number of hydrogen-bond acceptors (Lipinski definition) is 5. The zero-order valence-corrected chi connectivity index (χ0v) is 12.8. The lowest BCUT2D eigenvalue weighted by molar-refractivity contribution is -0.143. The topological polar surface area (TPSA) is 69.7 Å². The molecule has 0 aliphatic rings. The maximum atomic E-state index is 11.9. The second kappa shape index (κ2) is 7.79. The fourth-order valence-electron chi connectivity index (χ4n) is 1.55. The van der Waals surface area contributed by atoms with Crippen LogP contribution in [-0.2, 0) is 19.1 Å². The summed E-state index contributed by atoms with van der Waals surface area (Å²) in [6.07, 6.45) is -0.966. The highest BCUT2D eigenvalue weighted by Gasteiger charge is 2.21. The molecule has 0 saturated carbocycles. The lowest BCUT2D eigenvalue weighted by atomic mass is 10.1. The van der Waals surface area contributed by atoms with E-state index in [9.17, 15) is 14.4 Å². The molecule has 0 heterocycles. The van der Waals surface area contributed by atoms with Gasteiger partial charge in [0.2, 0.25) is 0 Å². The van der Waals surface area contributed by atoms with Crippen LogP contribution in [0.5, 0.6) is 0 Å². The molecule has 0 aromatic heterocycles. The summed E-state index contributed by atoms with van der Waals surface area (Å²) in [4.78, 5) is 34.3. The molecule has 0 aliphatic carbocycles. The van der Waals surface area contributed by atoms with E-state index in [0.29, 0.717) is 5.56 Å². The number of Topliss-reactive ketones (excluding diaryl/α,β-unsaturated/α-hetero) is 1. The lowest BCUT2D eigenvalue weighted by Gasteiger charge is -2.15. The van der Waals surface area contributed by atoms with E-state index in [-0.39, 0.29) is 18.6 Å². The number of ketones is 1. The van der Waals surface area contributed by atoms with Gasteiger partial charge in [-0.1, -0.05) is 15.9 Å². The van der Waals surface area contributed by atoms with Gasteiger partial charge in [-0.25, -0.2) is 4.79 Å². The van der Waals surface area contributed by atoms with Gasteiger partial charge in [0.1, 0.15) is 11.9 Å². The van der Waals surface area contributed by atoms with E-state index in [2.05, 4.69) is 20.7 Å². The molecular weight excluding hydrogens is 328 g/mol. The molecule has 1 aromatic rings. The number of benzene rings is 1. The standard InChI is InChI=1S/C14H15BrO5/c1-9(16)7-12(8-13(17)19-2)20-14(18)10-3-5-11(15)6-4-10/h3-6,12H,7-8H2,1-2H3. The molecule has 1 rings (SSSR count). The Morgan fingerprint density at radius 1 is 1.15 bits per heavy atom. The van der Waals surface area contributed by atoms with Crippen LogP contribution in [0.1, 0.15) is 30.1 Å². The van der Waals surface area contributed by atoms with E-state index >= 15 is 0 Å². The van der Waals surface area contributed by atoms with Gasteiger partial charge in [0.05, 0.1) is 19.1 Å². The highest BCUT2D eigenvalue weighted by molar-refractivity contribution is 9.10. The van der Waals surface area contributed by atoms with Gasteiger partial charge in [-0.15, -0.1) is 0 Å². The van der Waals surface area contributed by atoms with Gasteiger partial charge < -0.3 is 9.47 Å². The van der Waals surface area contributed by atoms with E-state index in [1.165, 1.54) is 14.0 Å². The van der Waals surface area contributed by atoms with E-state index in [1.807, 2.05) is 0 Å². The molecule has 1 aromatic carbocycles. The first kappa shape index (κ1) is 16.4. The molecule has 0 radical (unpaired) electrons. The Labute approximate surface area is 125 Å². The number of halogens is 1. The number of carbonyl (C=O) groups is 3. The van der Waals surface area contributed by atoms with E-state index < -0.39 is 18.0 Å². The minimum Gasteiger partial charge on any atom is -0.469 e. The fraction of sp³-hybridized carbons (Fsp3) is 0.357. The van der Waals surface area contributed by atoms with Crippen LogP contribution in [0.15, 0.2) is 28.7 Å². The summed E-state index contributed by atoms with van der Waals surface area (Å²) in [5.41, 5.74) is 0.353. The Balaban J connectivity index is 2.72. The molecule has 108 valence electrons.